The number of thiazole rings is 1. The maximum Gasteiger partial charge on any atom is 0.257 e. The van der Waals surface area contributed by atoms with Gasteiger partial charge in [-0.15, -0.1) is 11.3 Å². The molecule has 0 aliphatic carbocycles. The van der Waals surface area contributed by atoms with Gasteiger partial charge in [0.2, 0.25) is 0 Å². The maximum atomic E-state index is 12.1. The zero-order valence-corrected chi connectivity index (χ0v) is 11.4. The van der Waals surface area contributed by atoms with Crippen LogP contribution in [0.1, 0.15) is 21.7 Å². The average Bonchev–Trinajstić information content (AvgIpc) is 2.93. The van der Waals surface area contributed by atoms with Crippen LogP contribution in [0.4, 0.5) is 5.13 Å². The van der Waals surface area contributed by atoms with Gasteiger partial charge in [-0.2, -0.15) is 0 Å². The molecular formula is C13H12N4OS. The molecule has 3 rings (SSSR count). The third kappa shape index (κ3) is 2.34. The van der Waals surface area contributed by atoms with Crippen molar-refractivity contribution in [2.24, 2.45) is 0 Å². The first kappa shape index (κ1) is 11.9. The van der Waals surface area contributed by atoms with E-state index in [1.807, 2.05) is 36.0 Å². The Morgan fingerprint density at radius 2 is 2.16 bits per heavy atom. The Morgan fingerprint density at radius 3 is 2.89 bits per heavy atom. The second-order valence-electron chi connectivity index (χ2n) is 4.31. The number of carbonyl (C=O) groups is 1. The number of pyridine rings is 1. The lowest BCUT2D eigenvalue weighted by Gasteiger charge is -2.02. The SMILES string of the molecule is Cc1csc(NC(=O)c2ccn3cc(C)nc3c2)n1. The van der Waals surface area contributed by atoms with Gasteiger partial charge in [0, 0.05) is 23.3 Å². The predicted molar refractivity (Wildman–Crippen MR) is 74.7 cm³/mol. The van der Waals surface area contributed by atoms with Crippen molar-refractivity contribution in [2.45, 2.75) is 13.8 Å². The maximum absolute atomic E-state index is 12.1. The molecule has 6 heteroatoms. The Kier molecular flexibility index (Phi) is 2.79. The predicted octanol–water partition coefficient (Wildman–Crippen LogP) is 2.66. The van der Waals surface area contributed by atoms with Gasteiger partial charge in [0.1, 0.15) is 5.65 Å². The Morgan fingerprint density at radius 1 is 1.32 bits per heavy atom. The fraction of sp³-hybridized carbons (Fsp3) is 0.154. The number of nitrogens with one attached hydrogen (secondary N) is 1. The van der Waals surface area contributed by atoms with E-state index in [1.165, 1.54) is 11.3 Å². The van der Waals surface area contributed by atoms with Crippen molar-refractivity contribution < 1.29 is 4.79 Å². The van der Waals surface area contributed by atoms with Gasteiger partial charge >= 0.3 is 0 Å². The molecule has 0 aliphatic rings. The summed E-state index contributed by atoms with van der Waals surface area (Å²) in [5.41, 5.74) is 3.17. The van der Waals surface area contributed by atoms with Crippen molar-refractivity contribution >= 4 is 28.0 Å². The summed E-state index contributed by atoms with van der Waals surface area (Å²) < 4.78 is 1.89. The first-order valence-electron chi connectivity index (χ1n) is 5.81. The molecule has 0 aliphatic heterocycles. The van der Waals surface area contributed by atoms with Crippen LogP contribution in [-0.2, 0) is 0 Å². The smallest absolute Gasteiger partial charge is 0.257 e. The monoisotopic (exact) mass is 272 g/mol. The number of amides is 1. The molecule has 1 N–H and O–H groups in total. The van der Waals surface area contributed by atoms with Crippen molar-refractivity contribution in [3.8, 4) is 0 Å². The number of nitrogens with zero attached hydrogens (tertiary/aromatic N) is 3. The van der Waals surface area contributed by atoms with E-state index in [2.05, 4.69) is 15.3 Å². The van der Waals surface area contributed by atoms with E-state index in [0.717, 1.165) is 17.0 Å². The van der Waals surface area contributed by atoms with Crippen molar-refractivity contribution in [1.82, 2.24) is 14.4 Å². The molecule has 0 fully saturated rings. The van der Waals surface area contributed by atoms with Gasteiger partial charge in [-0.25, -0.2) is 9.97 Å². The highest BCUT2D eigenvalue weighted by atomic mass is 32.1. The number of anilines is 1. The molecule has 3 aromatic heterocycles. The quantitative estimate of drug-likeness (QED) is 0.780. The molecular weight excluding hydrogens is 260 g/mol. The lowest BCUT2D eigenvalue weighted by molar-refractivity contribution is 0.102. The van der Waals surface area contributed by atoms with Crippen molar-refractivity contribution in [1.29, 1.82) is 0 Å². The fourth-order valence-electron chi connectivity index (χ4n) is 1.83. The van der Waals surface area contributed by atoms with Gasteiger partial charge in [-0.3, -0.25) is 10.1 Å². The third-order valence-electron chi connectivity index (χ3n) is 2.68. The third-order valence-corrected chi connectivity index (χ3v) is 3.56. The molecule has 5 nitrogen and oxygen atoms in total. The molecule has 0 atom stereocenters. The van der Waals surface area contributed by atoms with E-state index in [9.17, 15) is 4.79 Å². The van der Waals surface area contributed by atoms with Gasteiger partial charge in [-0.1, -0.05) is 0 Å². The van der Waals surface area contributed by atoms with Crippen molar-refractivity contribution in [2.75, 3.05) is 5.32 Å². The van der Waals surface area contributed by atoms with Crippen molar-refractivity contribution in [3.05, 3.63) is 46.9 Å². The zero-order chi connectivity index (χ0) is 13.4. The Balaban J connectivity index is 1.88. The van der Waals surface area contributed by atoms with Crippen LogP contribution < -0.4 is 5.32 Å². The lowest BCUT2D eigenvalue weighted by atomic mass is 10.2. The topological polar surface area (TPSA) is 59.3 Å². The second-order valence-corrected chi connectivity index (χ2v) is 5.17. The van der Waals surface area contributed by atoms with E-state index < -0.39 is 0 Å². The normalized spacial score (nSPS) is 10.8. The van der Waals surface area contributed by atoms with Gasteiger partial charge in [-0.05, 0) is 26.0 Å². The first-order chi connectivity index (χ1) is 9.11. The van der Waals surface area contributed by atoms with Gasteiger partial charge in [0.15, 0.2) is 5.13 Å². The molecule has 1 amide bonds. The molecule has 3 aromatic rings. The molecule has 0 saturated carbocycles. The molecule has 0 radical (unpaired) electrons. The number of rotatable bonds is 2. The van der Waals surface area contributed by atoms with Crippen LogP contribution >= 0.6 is 11.3 Å². The number of hydrogen-bond acceptors (Lipinski definition) is 4. The molecule has 0 aromatic carbocycles. The molecule has 19 heavy (non-hydrogen) atoms. The molecule has 0 spiro atoms. The first-order valence-corrected chi connectivity index (χ1v) is 6.68. The molecule has 96 valence electrons. The highest BCUT2D eigenvalue weighted by molar-refractivity contribution is 7.13. The number of hydrogen-bond donors (Lipinski definition) is 1. The van der Waals surface area contributed by atoms with Crippen LogP contribution in [0, 0.1) is 13.8 Å². The summed E-state index contributed by atoms with van der Waals surface area (Å²) in [6.45, 7) is 3.82. The Hall–Kier alpha value is -2.21. The van der Waals surface area contributed by atoms with Crippen LogP contribution in [0.5, 0.6) is 0 Å². The fourth-order valence-corrected chi connectivity index (χ4v) is 2.51. The highest BCUT2D eigenvalue weighted by Crippen LogP contribution is 2.16. The summed E-state index contributed by atoms with van der Waals surface area (Å²) in [6, 6.07) is 3.53. The van der Waals surface area contributed by atoms with E-state index in [1.54, 1.807) is 12.1 Å². The largest absolute Gasteiger partial charge is 0.307 e. The number of aromatic nitrogens is 3. The summed E-state index contributed by atoms with van der Waals surface area (Å²) in [6.07, 6.45) is 3.75. The molecule has 0 saturated heterocycles. The summed E-state index contributed by atoms with van der Waals surface area (Å²) in [4.78, 5) is 20.6. The zero-order valence-electron chi connectivity index (χ0n) is 10.5. The lowest BCUT2D eigenvalue weighted by Crippen LogP contribution is -2.12. The van der Waals surface area contributed by atoms with E-state index in [4.69, 9.17) is 0 Å². The van der Waals surface area contributed by atoms with Crippen LogP contribution in [-0.4, -0.2) is 20.3 Å². The summed E-state index contributed by atoms with van der Waals surface area (Å²) in [7, 11) is 0. The van der Waals surface area contributed by atoms with Crippen LogP contribution in [0.2, 0.25) is 0 Å². The number of imidazole rings is 1. The number of aryl methyl sites for hydroxylation is 2. The van der Waals surface area contributed by atoms with Crippen LogP contribution in [0.3, 0.4) is 0 Å². The van der Waals surface area contributed by atoms with Crippen LogP contribution in [0.25, 0.3) is 5.65 Å². The van der Waals surface area contributed by atoms with E-state index >= 15 is 0 Å². The summed E-state index contributed by atoms with van der Waals surface area (Å²) in [5.74, 6) is -0.169. The Labute approximate surface area is 113 Å². The van der Waals surface area contributed by atoms with Gasteiger partial charge in [0.25, 0.3) is 5.91 Å². The minimum atomic E-state index is -0.169. The Bertz CT molecular complexity index is 759. The molecule has 3 heterocycles. The molecule has 0 unspecified atom stereocenters. The number of fused-ring (bicyclic) bond motifs is 1. The van der Waals surface area contributed by atoms with Crippen molar-refractivity contribution in [3.63, 3.8) is 0 Å². The number of carbonyl (C=O) groups excluding carboxylic acids is 1. The highest BCUT2D eigenvalue weighted by Gasteiger charge is 2.09. The molecule has 0 bridgehead atoms. The van der Waals surface area contributed by atoms with E-state index in [-0.39, 0.29) is 5.91 Å². The summed E-state index contributed by atoms with van der Waals surface area (Å²) >= 11 is 1.42. The van der Waals surface area contributed by atoms with Crippen LogP contribution in [0.15, 0.2) is 29.9 Å². The van der Waals surface area contributed by atoms with Gasteiger partial charge in [0.05, 0.1) is 11.4 Å². The summed E-state index contributed by atoms with van der Waals surface area (Å²) in [5, 5.41) is 5.29. The standard InChI is InChI=1S/C13H12N4OS/c1-8-6-17-4-3-10(5-11(17)14-8)12(18)16-13-15-9(2)7-19-13/h3-7H,1-2H3,(H,15,16,18). The van der Waals surface area contributed by atoms with E-state index in [0.29, 0.717) is 10.7 Å². The minimum absolute atomic E-state index is 0.169. The second kappa shape index (κ2) is 4.47. The van der Waals surface area contributed by atoms with Gasteiger partial charge < -0.3 is 4.40 Å². The minimum Gasteiger partial charge on any atom is -0.307 e. The average molecular weight is 272 g/mol.